The molecule has 20 heavy (non-hydrogen) atoms. The van der Waals surface area contributed by atoms with E-state index in [9.17, 15) is 4.79 Å². The van der Waals surface area contributed by atoms with Gasteiger partial charge < -0.3 is 9.67 Å². The Morgan fingerprint density at radius 3 is 2.90 bits per heavy atom. The fraction of sp³-hybridized carbons (Fsp3) is 0.533. The smallest absolute Gasteiger partial charge is 0.306 e. The lowest BCUT2D eigenvalue weighted by atomic mass is 10.0. The van der Waals surface area contributed by atoms with Gasteiger partial charge in [0.2, 0.25) is 0 Å². The Bertz CT molecular complexity index is 648. The summed E-state index contributed by atoms with van der Waals surface area (Å²) in [5.74, 6) is 0.316. The van der Waals surface area contributed by atoms with E-state index < -0.39 is 5.97 Å². The molecule has 5 heteroatoms. The van der Waals surface area contributed by atoms with Crippen LogP contribution >= 0.6 is 0 Å². The van der Waals surface area contributed by atoms with E-state index in [2.05, 4.69) is 23.4 Å². The van der Waals surface area contributed by atoms with Crippen LogP contribution in [0.1, 0.15) is 50.9 Å². The summed E-state index contributed by atoms with van der Waals surface area (Å²) >= 11 is 0. The molecule has 0 amide bonds. The summed E-state index contributed by atoms with van der Waals surface area (Å²) in [6.07, 6.45) is 4.11. The lowest BCUT2D eigenvalue weighted by Gasteiger charge is -2.16. The van der Waals surface area contributed by atoms with Gasteiger partial charge in [0.25, 0.3) is 0 Å². The number of aromatic nitrogens is 3. The Hall–Kier alpha value is -1.91. The highest BCUT2D eigenvalue weighted by molar-refractivity contribution is 5.72. The second kappa shape index (κ2) is 4.89. The third kappa shape index (κ3) is 2.07. The van der Waals surface area contributed by atoms with Crippen LogP contribution in [0.2, 0.25) is 0 Å². The van der Waals surface area contributed by atoms with E-state index in [-0.39, 0.29) is 17.9 Å². The number of pyridine rings is 1. The van der Waals surface area contributed by atoms with Crippen molar-refractivity contribution in [3.63, 3.8) is 0 Å². The largest absolute Gasteiger partial charge is 0.481 e. The molecule has 1 aliphatic rings. The van der Waals surface area contributed by atoms with E-state index in [0.717, 1.165) is 29.8 Å². The van der Waals surface area contributed by atoms with E-state index >= 15 is 0 Å². The molecule has 0 saturated heterocycles. The number of nitrogens with zero attached hydrogens (tertiary/aromatic N) is 3. The van der Waals surface area contributed by atoms with Crippen molar-refractivity contribution >= 4 is 17.1 Å². The highest BCUT2D eigenvalue weighted by Gasteiger charge is 2.34. The number of carboxylic acids is 1. The van der Waals surface area contributed by atoms with Crippen molar-refractivity contribution < 1.29 is 9.90 Å². The second-order valence-electron chi connectivity index (χ2n) is 5.83. The maximum absolute atomic E-state index is 11.1. The van der Waals surface area contributed by atoms with E-state index in [0.29, 0.717) is 6.42 Å². The van der Waals surface area contributed by atoms with Crippen LogP contribution in [0.4, 0.5) is 0 Å². The van der Waals surface area contributed by atoms with Gasteiger partial charge in [0.05, 0.1) is 5.92 Å². The minimum Gasteiger partial charge on any atom is -0.481 e. The number of hydrogen-bond acceptors (Lipinski definition) is 3. The van der Waals surface area contributed by atoms with E-state index in [4.69, 9.17) is 10.1 Å². The van der Waals surface area contributed by atoms with Gasteiger partial charge in [-0.15, -0.1) is 0 Å². The molecular formula is C15H19N3O2. The molecule has 3 rings (SSSR count). The molecule has 1 N–H and O–H groups in total. The topological polar surface area (TPSA) is 68.0 Å². The van der Waals surface area contributed by atoms with E-state index in [1.165, 1.54) is 0 Å². The van der Waals surface area contributed by atoms with Crippen LogP contribution in [0, 0.1) is 5.92 Å². The minimum atomic E-state index is -0.683. The summed E-state index contributed by atoms with van der Waals surface area (Å²) in [6, 6.07) is 4.13. The second-order valence-corrected chi connectivity index (χ2v) is 5.83. The van der Waals surface area contributed by atoms with Gasteiger partial charge in [-0.25, -0.2) is 9.97 Å². The van der Waals surface area contributed by atoms with Gasteiger partial charge in [-0.2, -0.15) is 0 Å². The van der Waals surface area contributed by atoms with Crippen LogP contribution in [0.25, 0.3) is 11.2 Å². The summed E-state index contributed by atoms with van der Waals surface area (Å²) in [5.41, 5.74) is 1.80. The fourth-order valence-corrected chi connectivity index (χ4v) is 3.18. The first-order chi connectivity index (χ1) is 9.58. The van der Waals surface area contributed by atoms with Crippen molar-refractivity contribution in [1.82, 2.24) is 14.5 Å². The highest BCUT2D eigenvalue weighted by Crippen LogP contribution is 2.39. The fourth-order valence-electron chi connectivity index (χ4n) is 3.18. The summed E-state index contributed by atoms with van der Waals surface area (Å²) in [5, 5.41) is 9.16. The predicted molar refractivity (Wildman–Crippen MR) is 75.6 cm³/mol. The van der Waals surface area contributed by atoms with Crippen molar-refractivity contribution in [2.24, 2.45) is 5.92 Å². The third-order valence-electron chi connectivity index (χ3n) is 4.14. The van der Waals surface area contributed by atoms with Crippen LogP contribution in [-0.4, -0.2) is 25.6 Å². The monoisotopic (exact) mass is 273 g/mol. The molecule has 5 nitrogen and oxygen atoms in total. The lowest BCUT2D eigenvalue weighted by Crippen LogP contribution is -2.12. The number of imidazole rings is 1. The van der Waals surface area contributed by atoms with Gasteiger partial charge in [-0.1, -0.05) is 0 Å². The Labute approximate surface area is 117 Å². The molecule has 0 aromatic carbocycles. The highest BCUT2D eigenvalue weighted by atomic mass is 16.4. The van der Waals surface area contributed by atoms with Gasteiger partial charge in [0, 0.05) is 18.2 Å². The molecule has 106 valence electrons. The molecule has 1 fully saturated rings. The summed E-state index contributed by atoms with van der Waals surface area (Å²) in [7, 11) is 0. The SMILES string of the molecule is CC(C)n1c(C2CCC(C(=O)O)C2)nc2cccnc21. The molecule has 1 aliphatic carbocycles. The van der Waals surface area contributed by atoms with Gasteiger partial charge in [0.1, 0.15) is 11.3 Å². The number of hydrogen-bond donors (Lipinski definition) is 1. The van der Waals surface area contributed by atoms with E-state index in [1.54, 1.807) is 6.20 Å². The van der Waals surface area contributed by atoms with Gasteiger partial charge >= 0.3 is 5.97 Å². The molecule has 1 saturated carbocycles. The van der Waals surface area contributed by atoms with Crippen molar-refractivity contribution in [2.75, 3.05) is 0 Å². The first kappa shape index (κ1) is 13.1. The average Bonchev–Trinajstić information content (AvgIpc) is 3.02. The molecule has 2 heterocycles. The zero-order valence-electron chi connectivity index (χ0n) is 11.8. The first-order valence-corrected chi connectivity index (χ1v) is 7.13. The molecule has 2 unspecified atom stereocenters. The van der Waals surface area contributed by atoms with Crippen LogP contribution in [0.3, 0.4) is 0 Å². The molecule has 2 aromatic rings. The van der Waals surface area contributed by atoms with Crippen molar-refractivity contribution in [3.8, 4) is 0 Å². The predicted octanol–water partition coefficient (Wildman–Crippen LogP) is 2.98. The molecule has 2 aromatic heterocycles. The molecule has 0 aliphatic heterocycles. The summed E-state index contributed by atoms with van der Waals surface area (Å²) < 4.78 is 2.16. The van der Waals surface area contributed by atoms with Crippen molar-refractivity contribution in [3.05, 3.63) is 24.2 Å². The first-order valence-electron chi connectivity index (χ1n) is 7.13. The van der Waals surface area contributed by atoms with Crippen LogP contribution in [-0.2, 0) is 4.79 Å². The molecule has 0 radical (unpaired) electrons. The average molecular weight is 273 g/mol. The number of carbonyl (C=O) groups is 1. The molecule has 0 spiro atoms. The quantitative estimate of drug-likeness (QED) is 0.933. The minimum absolute atomic E-state index is 0.228. The molecule has 0 bridgehead atoms. The molecule has 2 atom stereocenters. The maximum Gasteiger partial charge on any atom is 0.306 e. The zero-order chi connectivity index (χ0) is 14.3. The number of fused-ring (bicyclic) bond motifs is 1. The Morgan fingerprint density at radius 2 is 2.25 bits per heavy atom. The Balaban J connectivity index is 2.03. The maximum atomic E-state index is 11.1. The van der Waals surface area contributed by atoms with Gasteiger partial charge in [0.15, 0.2) is 5.65 Å². The van der Waals surface area contributed by atoms with Crippen LogP contribution in [0.15, 0.2) is 18.3 Å². The lowest BCUT2D eigenvalue weighted by molar-refractivity contribution is -0.141. The number of aliphatic carboxylic acids is 1. The van der Waals surface area contributed by atoms with Crippen LogP contribution in [0.5, 0.6) is 0 Å². The Morgan fingerprint density at radius 1 is 1.45 bits per heavy atom. The van der Waals surface area contributed by atoms with Crippen LogP contribution < -0.4 is 0 Å². The van der Waals surface area contributed by atoms with Gasteiger partial charge in [-0.3, -0.25) is 4.79 Å². The number of carboxylic acid groups (broad SMARTS) is 1. The van der Waals surface area contributed by atoms with Crippen molar-refractivity contribution in [2.45, 2.75) is 45.1 Å². The van der Waals surface area contributed by atoms with Crippen molar-refractivity contribution in [1.29, 1.82) is 0 Å². The summed E-state index contributed by atoms with van der Waals surface area (Å²) in [6.45, 7) is 4.23. The standard InChI is InChI=1S/C15H19N3O2/c1-9(2)18-13(10-5-6-11(8-10)15(19)20)17-12-4-3-7-16-14(12)18/h3-4,7,9-11H,5-6,8H2,1-2H3,(H,19,20). The van der Waals surface area contributed by atoms with E-state index in [1.807, 2.05) is 12.1 Å². The number of rotatable bonds is 3. The van der Waals surface area contributed by atoms with Gasteiger partial charge in [-0.05, 0) is 45.2 Å². The Kier molecular flexibility index (Phi) is 3.20. The third-order valence-corrected chi connectivity index (χ3v) is 4.14. The molecular weight excluding hydrogens is 254 g/mol. The normalized spacial score (nSPS) is 22.8. The zero-order valence-corrected chi connectivity index (χ0v) is 11.8. The summed E-state index contributed by atoms with van der Waals surface area (Å²) in [4.78, 5) is 20.3.